The Morgan fingerprint density at radius 3 is 2.59 bits per heavy atom. The zero-order chi connectivity index (χ0) is 20.4. The summed E-state index contributed by atoms with van der Waals surface area (Å²) in [6, 6.07) is 2.53. The van der Waals surface area contributed by atoms with Gasteiger partial charge in [-0.25, -0.2) is 4.79 Å². The lowest BCUT2D eigenvalue weighted by Gasteiger charge is -2.16. The minimum Gasteiger partial charge on any atom is -0.449 e. The largest absolute Gasteiger partial charge is 0.449 e. The number of benzene rings is 1. The molecule has 0 spiro atoms. The number of esters is 1. The van der Waals surface area contributed by atoms with Gasteiger partial charge < -0.3 is 15.4 Å². The quantitative estimate of drug-likeness (QED) is 0.701. The van der Waals surface area contributed by atoms with Gasteiger partial charge in [0.2, 0.25) is 0 Å². The third-order valence-corrected chi connectivity index (χ3v) is 4.78. The number of hydrogen-bond acceptors (Lipinski definition) is 6. The van der Waals surface area contributed by atoms with Crippen molar-refractivity contribution < 1.29 is 27.5 Å². The van der Waals surface area contributed by atoms with E-state index < -0.39 is 29.7 Å². The Labute approximate surface area is 161 Å². The number of rotatable bonds is 5. The summed E-state index contributed by atoms with van der Waals surface area (Å²) in [6.07, 6.45) is -5.86. The third-order valence-electron chi connectivity index (χ3n) is 3.50. The Hall–Kier alpha value is -2.33. The molecule has 1 heterocycles. The van der Waals surface area contributed by atoms with Crippen LogP contribution in [0.3, 0.4) is 0 Å². The zero-order valence-electron chi connectivity index (χ0n) is 14.4. The lowest BCUT2D eigenvalue weighted by Crippen LogP contribution is -2.30. The van der Waals surface area contributed by atoms with E-state index in [1.807, 2.05) is 0 Å². The number of anilines is 2. The summed E-state index contributed by atoms with van der Waals surface area (Å²) in [7, 11) is 1.61. The van der Waals surface area contributed by atoms with Crippen LogP contribution >= 0.6 is 23.1 Å². The maximum atomic E-state index is 12.8. The molecule has 2 N–H and O–H groups in total. The second kappa shape index (κ2) is 8.13. The van der Waals surface area contributed by atoms with Gasteiger partial charge in [0, 0.05) is 7.05 Å². The van der Waals surface area contributed by atoms with Gasteiger partial charge in [-0.3, -0.25) is 4.79 Å². The Morgan fingerprint density at radius 1 is 1.33 bits per heavy atom. The van der Waals surface area contributed by atoms with Crippen LogP contribution in [0.2, 0.25) is 5.02 Å². The second-order valence-corrected chi connectivity index (χ2v) is 6.63. The monoisotopic (exact) mass is 421 g/mol. The molecular formula is C16H15ClF3N3O3S. The van der Waals surface area contributed by atoms with Gasteiger partial charge >= 0.3 is 12.1 Å². The molecule has 1 amide bonds. The van der Waals surface area contributed by atoms with Gasteiger partial charge in [0.1, 0.15) is 10.6 Å². The molecule has 0 aliphatic heterocycles. The molecule has 1 aromatic heterocycles. The topological polar surface area (TPSA) is 80.3 Å². The first-order chi connectivity index (χ1) is 12.5. The average Bonchev–Trinajstić information content (AvgIpc) is 2.96. The number of alkyl halides is 3. The predicted octanol–water partition coefficient (Wildman–Crippen LogP) is 4.35. The number of carbonyl (C=O) groups is 2. The molecule has 0 bridgehead atoms. The molecule has 6 nitrogen and oxygen atoms in total. The molecule has 1 unspecified atom stereocenters. The fourth-order valence-corrected chi connectivity index (χ4v) is 2.98. The van der Waals surface area contributed by atoms with E-state index in [1.54, 1.807) is 14.0 Å². The number of halogens is 4. The summed E-state index contributed by atoms with van der Waals surface area (Å²) < 4.78 is 47.5. The van der Waals surface area contributed by atoms with Crippen molar-refractivity contribution >= 4 is 45.7 Å². The molecule has 11 heteroatoms. The van der Waals surface area contributed by atoms with E-state index in [4.69, 9.17) is 16.3 Å². The van der Waals surface area contributed by atoms with Crippen molar-refractivity contribution in [3.63, 3.8) is 0 Å². The van der Waals surface area contributed by atoms with Gasteiger partial charge in [-0.1, -0.05) is 11.6 Å². The number of aromatic nitrogens is 1. The molecule has 1 aromatic carbocycles. The van der Waals surface area contributed by atoms with Crippen LogP contribution in [0.4, 0.5) is 23.9 Å². The number of carbonyl (C=O) groups excluding carboxylic acids is 2. The smallest absolute Gasteiger partial charge is 0.416 e. The maximum absolute atomic E-state index is 12.8. The van der Waals surface area contributed by atoms with E-state index in [-0.39, 0.29) is 16.3 Å². The third kappa shape index (κ3) is 4.89. The van der Waals surface area contributed by atoms with E-state index in [9.17, 15) is 22.8 Å². The number of nitrogens with zero attached hydrogens (tertiary/aromatic N) is 1. The van der Waals surface area contributed by atoms with Gasteiger partial charge in [-0.15, -0.1) is 0 Å². The standard InChI is InChI=1S/C16H15ClF3N3O3S/c1-7-12(14(21-3)27-23-7)15(25)26-8(2)13(24)22-11-6-9(16(18,19)20)4-5-10(11)17/h4-6,8,21H,1-3H3,(H,22,24). The van der Waals surface area contributed by atoms with E-state index in [0.29, 0.717) is 16.8 Å². The van der Waals surface area contributed by atoms with Crippen molar-refractivity contribution in [3.8, 4) is 0 Å². The summed E-state index contributed by atoms with van der Waals surface area (Å²) in [5.41, 5.74) is -0.573. The SMILES string of the molecule is CNc1snc(C)c1C(=O)OC(C)C(=O)Nc1cc(C(F)(F)F)ccc1Cl. The lowest BCUT2D eigenvalue weighted by molar-refractivity contribution is -0.137. The molecule has 0 saturated carbocycles. The van der Waals surface area contributed by atoms with E-state index in [0.717, 1.165) is 23.7 Å². The number of nitrogens with one attached hydrogen (secondary N) is 2. The number of amides is 1. The molecule has 0 aliphatic rings. The van der Waals surface area contributed by atoms with Crippen molar-refractivity contribution in [1.82, 2.24) is 4.37 Å². The van der Waals surface area contributed by atoms with Crippen molar-refractivity contribution in [1.29, 1.82) is 0 Å². The van der Waals surface area contributed by atoms with Crippen molar-refractivity contribution in [2.75, 3.05) is 17.7 Å². The molecular weight excluding hydrogens is 407 g/mol. The van der Waals surface area contributed by atoms with Crippen LogP contribution in [0.25, 0.3) is 0 Å². The maximum Gasteiger partial charge on any atom is 0.416 e. The molecule has 0 fully saturated rings. The highest BCUT2D eigenvalue weighted by molar-refractivity contribution is 7.10. The van der Waals surface area contributed by atoms with Crippen LogP contribution in [0, 0.1) is 6.92 Å². The average molecular weight is 422 g/mol. The Bertz CT molecular complexity index is 870. The van der Waals surface area contributed by atoms with Gasteiger partial charge in [-0.05, 0) is 43.6 Å². The molecule has 27 heavy (non-hydrogen) atoms. The first kappa shape index (κ1) is 21.0. The Morgan fingerprint density at radius 2 is 2.00 bits per heavy atom. The van der Waals surface area contributed by atoms with Crippen LogP contribution in [-0.2, 0) is 15.7 Å². The Balaban J connectivity index is 2.12. The predicted molar refractivity (Wildman–Crippen MR) is 96.4 cm³/mol. The van der Waals surface area contributed by atoms with Crippen LogP contribution < -0.4 is 10.6 Å². The van der Waals surface area contributed by atoms with Crippen LogP contribution in [0.15, 0.2) is 18.2 Å². The normalized spacial score (nSPS) is 12.4. The lowest BCUT2D eigenvalue weighted by atomic mass is 10.2. The molecule has 2 rings (SSSR count). The molecule has 146 valence electrons. The van der Waals surface area contributed by atoms with Crippen molar-refractivity contribution in [2.24, 2.45) is 0 Å². The molecule has 0 radical (unpaired) electrons. The van der Waals surface area contributed by atoms with Gasteiger partial charge in [-0.2, -0.15) is 17.5 Å². The van der Waals surface area contributed by atoms with Crippen molar-refractivity contribution in [2.45, 2.75) is 26.1 Å². The highest BCUT2D eigenvalue weighted by Gasteiger charge is 2.31. The number of aryl methyl sites for hydroxylation is 1. The number of hydrogen-bond donors (Lipinski definition) is 2. The van der Waals surface area contributed by atoms with E-state index in [1.165, 1.54) is 6.92 Å². The van der Waals surface area contributed by atoms with E-state index >= 15 is 0 Å². The van der Waals surface area contributed by atoms with Gasteiger partial charge in [0.05, 0.1) is 22.0 Å². The fourth-order valence-electron chi connectivity index (χ4n) is 2.09. The summed E-state index contributed by atoms with van der Waals surface area (Å²) in [5.74, 6) is -1.60. The van der Waals surface area contributed by atoms with E-state index in [2.05, 4.69) is 15.0 Å². The zero-order valence-corrected chi connectivity index (χ0v) is 16.0. The summed E-state index contributed by atoms with van der Waals surface area (Å²) in [5, 5.41) is 5.44. The van der Waals surface area contributed by atoms with Gasteiger partial charge in [0.25, 0.3) is 5.91 Å². The fraction of sp³-hybridized carbons (Fsp3) is 0.312. The summed E-state index contributed by atoms with van der Waals surface area (Å²) in [6.45, 7) is 2.91. The Kier molecular flexibility index (Phi) is 6.32. The first-order valence-electron chi connectivity index (χ1n) is 7.57. The van der Waals surface area contributed by atoms with Crippen LogP contribution in [0.5, 0.6) is 0 Å². The summed E-state index contributed by atoms with van der Waals surface area (Å²) >= 11 is 6.90. The van der Waals surface area contributed by atoms with Crippen LogP contribution in [0.1, 0.15) is 28.5 Å². The minimum atomic E-state index is -4.59. The summed E-state index contributed by atoms with van der Waals surface area (Å²) in [4.78, 5) is 24.5. The number of ether oxygens (including phenoxy) is 1. The molecule has 0 aliphatic carbocycles. The molecule has 0 saturated heterocycles. The minimum absolute atomic E-state index is 0.0785. The highest BCUT2D eigenvalue weighted by Crippen LogP contribution is 2.34. The molecule has 2 aromatic rings. The highest BCUT2D eigenvalue weighted by atomic mass is 35.5. The van der Waals surface area contributed by atoms with Gasteiger partial charge in [0.15, 0.2) is 6.10 Å². The van der Waals surface area contributed by atoms with Crippen molar-refractivity contribution in [3.05, 3.63) is 40.0 Å². The van der Waals surface area contributed by atoms with Crippen LogP contribution in [-0.4, -0.2) is 29.4 Å². The molecule has 1 atom stereocenters. The first-order valence-corrected chi connectivity index (χ1v) is 8.72. The second-order valence-electron chi connectivity index (χ2n) is 5.45.